The van der Waals surface area contributed by atoms with Gasteiger partial charge in [-0.05, 0) is 55.9 Å². The first-order valence-electron chi connectivity index (χ1n) is 18.0. The van der Waals surface area contributed by atoms with Crippen LogP contribution in [0, 0.1) is 11.7 Å². The minimum atomic E-state index is -1.16. The number of anilines is 3. The monoisotopic (exact) mass is 710 g/mol. The summed E-state index contributed by atoms with van der Waals surface area (Å²) in [7, 11) is 0. The second kappa shape index (κ2) is 16.8. The third-order valence-electron chi connectivity index (χ3n) is 10.2. The van der Waals surface area contributed by atoms with Crippen molar-refractivity contribution in [2.75, 3.05) is 61.3 Å². The maximum atomic E-state index is 15.5. The van der Waals surface area contributed by atoms with E-state index in [4.69, 9.17) is 0 Å². The van der Waals surface area contributed by atoms with Gasteiger partial charge in [0.25, 0.3) is 0 Å². The zero-order valence-corrected chi connectivity index (χ0v) is 29.5. The largest absolute Gasteiger partial charge is 0.480 e. The smallest absolute Gasteiger partial charge is 0.326 e. The Labute approximate surface area is 303 Å². The van der Waals surface area contributed by atoms with Gasteiger partial charge in [-0.15, -0.1) is 0 Å². The molecule has 3 atom stereocenters. The Morgan fingerprint density at radius 1 is 0.981 bits per heavy atom. The van der Waals surface area contributed by atoms with Gasteiger partial charge in [-0.25, -0.2) is 19.6 Å². The molecule has 0 saturated carbocycles. The Morgan fingerprint density at radius 2 is 1.75 bits per heavy atom. The molecule has 1 aliphatic carbocycles. The van der Waals surface area contributed by atoms with Crippen molar-refractivity contribution in [2.45, 2.75) is 50.6 Å². The number of aliphatic carboxylic acids is 1. The molecular formula is C39H47FN8O4. The molecular weight excluding hydrogens is 663 g/mol. The maximum absolute atomic E-state index is 15.5. The molecule has 6 rings (SSSR count). The number of piperazine rings is 1. The van der Waals surface area contributed by atoms with E-state index in [1.54, 1.807) is 34.1 Å². The highest BCUT2D eigenvalue weighted by molar-refractivity contribution is 5.89. The minimum Gasteiger partial charge on any atom is -0.480 e. The molecule has 0 spiro atoms. The number of hydrogen-bond acceptors (Lipinski definition) is 8. The van der Waals surface area contributed by atoms with Crippen LogP contribution in [0.4, 0.5) is 26.5 Å². The van der Waals surface area contributed by atoms with Crippen molar-refractivity contribution in [2.24, 2.45) is 5.92 Å². The highest BCUT2D eigenvalue weighted by Gasteiger charge is 2.34. The van der Waals surface area contributed by atoms with Crippen molar-refractivity contribution in [3.63, 3.8) is 0 Å². The summed E-state index contributed by atoms with van der Waals surface area (Å²) in [4.78, 5) is 52.8. The first-order valence-corrected chi connectivity index (χ1v) is 18.0. The van der Waals surface area contributed by atoms with Crippen molar-refractivity contribution >= 4 is 35.2 Å². The average Bonchev–Trinajstić information content (AvgIpc) is 3.16. The molecule has 2 aromatic carbocycles. The summed E-state index contributed by atoms with van der Waals surface area (Å²) in [6, 6.07) is 15.5. The number of halogens is 1. The van der Waals surface area contributed by atoms with Crippen LogP contribution in [-0.2, 0) is 22.4 Å². The van der Waals surface area contributed by atoms with Crippen LogP contribution >= 0.6 is 0 Å². The van der Waals surface area contributed by atoms with Crippen LogP contribution < -0.4 is 20.9 Å². The number of piperidine rings is 1. The lowest BCUT2D eigenvalue weighted by atomic mass is 9.91. The Balaban J connectivity index is 0.984. The second-order valence-electron chi connectivity index (χ2n) is 13.9. The van der Waals surface area contributed by atoms with E-state index in [0.29, 0.717) is 56.7 Å². The number of rotatable bonds is 12. The van der Waals surface area contributed by atoms with E-state index in [1.165, 1.54) is 6.33 Å². The Bertz CT molecular complexity index is 1760. The van der Waals surface area contributed by atoms with Crippen LogP contribution in [0.3, 0.4) is 0 Å². The second-order valence-corrected chi connectivity index (χ2v) is 13.9. The Kier molecular flexibility index (Phi) is 11.8. The van der Waals surface area contributed by atoms with Crippen LogP contribution in [0.5, 0.6) is 0 Å². The summed E-state index contributed by atoms with van der Waals surface area (Å²) in [5.74, 6) is -2.47. The van der Waals surface area contributed by atoms with Crippen LogP contribution in [0.2, 0.25) is 0 Å². The standard InChI is InChI=1S/C39H47FN8O4/c1-39(17-6-3-7-18-39)48-23-21-46(22-24-48)38(52)44-31-14-12-29(13-15-31)25-32(37(50)51)45-36(49)30-11-8-20-47(26-30)35-33(40)34(42-27-43-35)41-19-16-28-9-4-2-5-10-28/h2-7,9-10,12-15,17,27,30,32H,8,11,16,18-26H2,1H3,(H,44,52)(H,45,49)(H,50,51)(H,41,42,43)/t30?,32-,39?/m0/s1. The predicted octanol–water partition coefficient (Wildman–Crippen LogP) is 4.72. The molecule has 274 valence electrons. The van der Waals surface area contributed by atoms with Gasteiger partial charge in [-0.1, -0.05) is 66.8 Å². The van der Waals surface area contributed by atoms with Gasteiger partial charge in [0, 0.05) is 63.5 Å². The van der Waals surface area contributed by atoms with Crippen LogP contribution in [-0.4, -0.2) is 100 Å². The van der Waals surface area contributed by atoms with Crippen LogP contribution in [0.15, 0.2) is 85.2 Å². The zero-order chi connectivity index (χ0) is 36.5. The van der Waals surface area contributed by atoms with Gasteiger partial charge in [0.1, 0.15) is 12.4 Å². The quantitative estimate of drug-likeness (QED) is 0.210. The molecule has 52 heavy (non-hydrogen) atoms. The van der Waals surface area contributed by atoms with Gasteiger partial charge in [0.2, 0.25) is 11.7 Å². The lowest BCUT2D eigenvalue weighted by Crippen LogP contribution is -2.56. The van der Waals surface area contributed by atoms with Gasteiger partial charge < -0.3 is 30.9 Å². The van der Waals surface area contributed by atoms with E-state index in [9.17, 15) is 19.5 Å². The topological polar surface area (TPSA) is 143 Å². The molecule has 1 aromatic heterocycles. The van der Waals surface area contributed by atoms with Crippen LogP contribution in [0.25, 0.3) is 0 Å². The van der Waals surface area contributed by atoms with Gasteiger partial charge in [0.05, 0.1) is 5.92 Å². The molecule has 4 N–H and O–H groups in total. The van der Waals surface area contributed by atoms with Gasteiger partial charge >= 0.3 is 12.0 Å². The van der Waals surface area contributed by atoms with Crippen molar-refractivity contribution in [3.8, 4) is 0 Å². The molecule has 12 nitrogen and oxygen atoms in total. The number of carbonyl (C=O) groups is 3. The number of carboxylic acid groups (broad SMARTS) is 1. The molecule has 2 aliphatic heterocycles. The molecule has 2 fully saturated rings. The molecule has 2 unspecified atom stereocenters. The number of urea groups is 1. The third kappa shape index (κ3) is 9.13. The van der Waals surface area contributed by atoms with E-state index < -0.39 is 29.7 Å². The fourth-order valence-corrected chi connectivity index (χ4v) is 7.08. The molecule has 3 aliphatic rings. The summed E-state index contributed by atoms with van der Waals surface area (Å²) in [5.41, 5.74) is 2.39. The third-order valence-corrected chi connectivity index (χ3v) is 10.2. The number of hydrogen-bond donors (Lipinski definition) is 4. The number of amides is 3. The van der Waals surface area contributed by atoms with E-state index >= 15 is 4.39 Å². The SMILES string of the molecule is CC1(N2CCN(C(=O)Nc3ccc(C[C@H](NC(=O)C4CCCN(c5ncnc(NCCc6ccccc6)c5F)C4)C(=O)O)cc3)CC2)C=CC=CC1. The molecule has 13 heteroatoms. The highest BCUT2D eigenvalue weighted by Crippen LogP contribution is 2.28. The normalized spacial score (nSPS) is 21.0. The lowest BCUT2D eigenvalue weighted by Gasteiger charge is -2.44. The molecule has 3 amide bonds. The number of nitrogens with one attached hydrogen (secondary N) is 3. The molecule has 3 heterocycles. The summed E-state index contributed by atoms with van der Waals surface area (Å²) >= 11 is 0. The number of allylic oxidation sites excluding steroid dienone is 2. The number of benzene rings is 2. The summed E-state index contributed by atoms with van der Waals surface area (Å²) < 4.78 is 15.5. The minimum absolute atomic E-state index is 0.0283. The summed E-state index contributed by atoms with van der Waals surface area (Å²) in [5, 5.41) is 18.7. The average molecular weight is 711 g/mol. The summed E-state index contributed by atoms with van der Waals surface area (Å²) in [6.07, 6.45) is 12.7. The van der Waals surface area contributed by atoms with Crippen molar-refractivity contribution in [1.82, 2.24) is 25.1 Å². The number of nitrogens with zero attached hydrogens (tertiary/aromatic N) is 5. The van der Waals surface area contributed by atoms with E-state index in [0.717, 1.165) is 25.1 Å². The fourth-order valence-electron chi connectivity index (χ4n) is 7.08. The summed E-state index contributed by atoms with van der Waals surface area (Å²) in [6.45, 7) is 6.24. The first kappa shape index (κ1) is 36.5. The fraction of sp³-hybridized carbons (Fsp3) is 0.410. The molecule has 3 aromatic rings. The Morgan fingerprint density at radius 3 is 2.46 bits per heavy atom. The first-order chi connectivity index (χ1) is 25.2. The lowest BCUT2D eigenvalue weighted by molar-refractivity contribution is -0.142. The Hall–Kier alpha value is -5.30. The van der Waals surface area contributed by atoms with E-state index in [-0.39, 0.29) is 36.2 Å². The van der Waals surface area contributed by atoms with Gasteiger partial charge in [-0.2, -0.15) is 4.39 Å². The highest BCUT2D eigenvalue weighted by atomic mass is 19.1. The predicted molar refractivity (Wildman–Crippen MR) is 199 cm³/mol. The van der Waals surface area contributed by atoms with Gasteiger partial charge in [-0.3, -0.25) is 9.69 Å². The number of carbonyl (C=O) groups excluding carboxylic acids is 2. The number of aromatic nitrogens is 2. The van der Waals surface area contributed by atoms with Gasteiger partial charge in [0.15, 0.2) is 11.6 Å². The number of carboxylic acids is 1. The maximum Gasteiger partial charge on any atom is 0.326 e. The van der Waals surface area contributed by atoms with Crippen molar-refractivity contribution in [1.29, 1.82) is 0 Å². The van der Waals surface area contributed by atoms with Crippen LogP contribution in [0.1, 0.15) is 37.3 Å². The molecule has 2 saturated heterocycles. The zero-order valence-electron chi connectivity index (χ0n) is 29.5. The molecule has 0 radical (unpaired) electrons. The molecule has 0 bridgehead atoms. The van der Waals surface area contributed by atoms with E-state index in [2.05, 4.69) is 62.0 Å². The van der Waals surface area contributed by atoms with Crippen molar-refractivity contribution in [3.05, 3.63) is 102 Å². The van der Waals surface area contributed by atoms with Crippen molar-refractivity contribution < 1.29 is 23.9 Å². The van der Waals surface area contributed by atoms with E-state index in [1.807, 2.05) is 30.3 Å².